The molecule has 0 bridgehead atoms. The third kappa shape index (κ3) is 2.90. The average molecular weight is 465 g/mol. The third-order valence-electron chi connectivity index (χ3n) is 12.9. The summed E-state index contributed by atoms with van der Waals surface area (Å²) in [6.45, 7) is 17.2. The Morgan fingerprint density at radius 3 is 2.32 bits per heavy atom. The van der Waals surface area contributed by atoms with E-state index in [0.717, 1.165) is 19.3 Å². The van der Waals surface area contributed by atoms with Crippen molar-refractivity contribution in [2.24, 2.45) is 50.2 Å². The second-order valence-electron chi connectivity index (χ2n) is 15.0. The Morgan fingerprint density at radius 2 is 1.68 bits per heavy atom. The van der Waals surface area contributed by atoms with Crippen molar-refractivity contribution in [3.8, 4) is 12.3 Å². The first-order valence-electron chi connectivity index (χ1n) is 13.9. The van der Waals surface area contributed by atoms with E-state index in [0.29, 0.717) is 11.8 Å². The van der Waals surface area contributed by atoms with Crippen LogP contribution in [0.4, 0.5) is 0 Å². The van der Waals surface area contributed by atoms with Gasteiger partial charge in [0.1, 0.15) is 0 Å². The summed E-state index contributed by atoms with van der Waals surface area (Å²) in [5, 5.41) is 21.4. The van der Waals surface area contributed by atoms with Crippen LogP contribution in [-0.4, -0.2) is 22.9 Å². The summed E-state index contributed by atoms with van der Waals surface area (Å²) in [6, 6.07) is 0. The van der Waals surface area contributed by atoms with E-state index in [4.69, 9.17) is 6.42 Å². The van der Waals surface area contributed by atoms with Gasteiger partial charge in [-0.2, -0.15) is 0 Å². The van der Waals surface area contributed by atoms with Gasteiger partial charge in [0.2, 0.25) is 0 Å². The van der Waals surface area contributed by atoms with Crippen molar-refractivity contribution in [1.29, 1.82) is 0 Å². The van der Waals surface area contributed by atoms with E-state index in [1.54, 1.807) is 11.1 Å². The minimum absolute atomic E-state index is 0.0128. The molecule has 9 atom stereocenters. The smallest absolute Gasteiger partial charge is 0.0731 e. The lowest BCUT2D eigenvalue weighted by Gasteiger charge is -2.70. The molecule has 2 heteroatoms. The van der Waals surface area contributed by atoms with E-state index in [-0.39, 0.29) is 45.0 Å². The van der Waals surface area contributed by atoms with E-state index in [9.17, 15) is 10.2 Å². The quantitative estimate of drug-likeness (QED) is 0.413. The highest BCUT2D eigenvalue weighted by Gasteiger charge is 2.67. The van der Waals surface area contributed by atoms with Crippen LogP contribution in [-0.2, 0) is 0 Å². The van der Waals surface area contributed by atoms with Gasteiger partial charge in [0.15, 0.2) is 0 Å². The van der Waals surface area contributed by atoms with E-state index in [1.807, 2.05) is 0 Å². The molecule has 5 rings (SSSR count). The molecule has 0 aromatic rings. The van der Waals surface area contributed by atoms with Crippen molar-refractivity contribution in [3.63, 3.8) is 0 Å². The van der Waals surface area contributed by atoms with Crippen LogP contribution in [0.1, 0.15) is 99.8 Å². The van der Waals surface area contributed by atoms with E-state index < -0.39 is 6.10 Å². The normalized spacial score (nSPS) is 53.8. The lowest BCUT2D eigenvalue weighted by Crippen LogP contribution is -2.64. The maximum absolute atomic E-state index is 11.2. The highest BCUT2D eigenvalue weighted by Crippen LogP contribution is 2.74. The molecule has 0 saturated heterocycles. The zero-order valence-electron chi connectivity index (χ0n) is 22.8. The van der Waals surface area contributed by atoms with Crippen LogP contribution in [0.15, 0.2) is 23.3 Å². The molecule has 0 aromatic heterocycles. The first-order chi connectivity index (χ1) is 15.7. The van der Waals surface area contributed by atoms with Gasteiger partial charge in [-0.1, -0.05) is 66.2 Å². The maximum Gasteiger partial charge on any atom is 0.0731 e. The van der Waals surface area contributed by atoms with Crippen LogP contribution in [0.5, 0.6) is 0 Å². The summed E-state index contributed by atoms with van der Waals surface area (Å²) in [5.74, 6) is 3.86. The van der Waals surface area contributed by atoms with E-state index in [1.165, 1.54) is 32.1 Å². The van der Waals surface area contributed by atoms with Gasteiger partial charge in [-0.15, -0.1) is 12.3 Å². The van der Waals surface area contributed by atoms with Gasteiger partial charge in [0, 0.05) is 12.5 Å². The fourth-order valence-electron chi connectivity index (χ4n) is 10.2. The molecular weight excluding hydrogens is 416 g/mol. The SMILES string of the molecule is C#C[C@H]1C[C@]2(C)[C@H]3C=CC4=C5C[C@@](C)(CO)CC[C@]5(C)CC[C@@]4(C)[C@]3(C)CC[C@H]2C(C)(C)[C@H]1O. The van der Waals surface area contributed by atoms with Crippen LogP contribution in [0.3, 0.4) is 0 Å². The van der Waals surface area contributed by atoms with Gasteiger partial charge >= 0.3 is 0 Å². The predicted molar refractivity (Wildman–Crippen MR) is 140 cm³/mol. The Hall–Kier alpha value is -1.04. The summed E-state index contributed by atoms with van der Waals surface area (Å²) in [7, 11) is 0. The van der Waals surface area contributed by atoms with Crippen LogP contribution in [0.25, 0.3) is 0 Å². The fraction of sp³-hybridized carbons (Fsp3) is 0.812. The molecule has 3 saturated carbocycles. The van der Waals surface area contributed by atoms with E-state index in [2.05, 4.69) is 66.5 Å². The third-order valence-corrected chi connectivity index (χ3v) is 12.9. The minimum atomic E-state index is -0.422. The van der Waals surface area contributed by atoms with Crippen molar-refractivity contribution in [2.45, 2.75) is 106 Å². The Morgan fingerprint density at radius 1 is 1.00 bits per heavy atom. The van der Waals surface area contributed by atoms with Crippen LogP contribution < -0.4 is 0 Å². The zero-order valence-corrected chi connectivity index (χ0v) is 22.8. The Bertz CT molecular complexity index is 981. The molecule has 5 aliphatic rings. The minimum Gasteiger partial charge on any atom is -0.396 e. The first-order valence-corrected chi connectivity index (χ1v) is 13.9. The van der Waals surface area contributed by atoms with Gasteiger partial charge < -0.3 is 10.2 Å². The molecule has 0 unspecified atom stereocenters. The topological polar surface area (TPSA) is 40.5 Å². The number of allylic oxidation sites excluding steroid dienone is 4. The van der Waals surface area contributed by atoms with Gasteiger partial charge in [-0.25, -0.2) is 0 Å². The second-order valence-corrected chi connectivity index (χ2v) is 15.0. The number of hydrogen-bond acceptors (Lipinski definition) is 2. The van der Waals surface area contributed by atoms with Crippen molar-refractivity contribution >= 4 is 0 Å². The molecule has 5 aliphatic carbocycles. The number of aliphatic hydroxyl groups excluding tert-OH is 2. The number of aliphatic hydroxyl groups is 2. The Kier molecular flexibility index (Phi) is 5.26. The zero-order chi connectivity index (χ0) is 24.9. The Labute approximate surface area is 208 Å². The largest absolute Gasteiger partial charge is 0.396 e. The van der Waals surface area contributed by atoms with Gasteiger partial charge in [-0.05, 0) is 101 Å². The lowest BCUT2D eigenvalue weighted by atomic mass is 9.34. The molecular formula is C32H48O2. The van der Waals surface area contributed by atoms with Crippen molar-refractivity contribution < 1.29 is 10.2 Å². The number of rotatable bonds is 1. The highest BCUT2D eigenvalue weighted by atomic mass is 16.3. The molecule has 0 spiro atoms. The van der Waals surface area contributed by atoms with Gasteiger partial charge in [-0.3, -0.25) is 0 Å². The molecule has 0 radical (unpaired) electrons. The van der Waals surface area contributed by atoms with Crippen LogP contribution in [0, 0.1) is 62.6 Å². The molecule has 34 heavy (non-hydrogen) atoms. The molecule has 0 aromatic carbocycles. The van der Waals surface area contributed by atoms with Crippen molar-refractivity contribution in [1.82, 2.24) is 0 Å². The van der Waals surface area contributed by atoms with E-state index >= 15 is 0 Å². The monoisotopic (exact) mass is 464 g/mol. The molecule has 0 amide bonds. The molecule has 0 heterocycles. The Balaban J connectivity index is 1.65. The fourth-order valence-corrected chi connectivity index (χ4v) is 10.2. The molecule has 2 nitrogen and oxygen atoms in total. The molecule has 188 valence electrons. The van der Waals surface area contributed by atoms with Crippen molar-refractivity contribution in [2.75, 3.05) is 6.61 Å². The average Bonchev–Trinajstić information content (AvgIpc) is 2.78. The number of hydrogen-bond donors (Lipinski definition) is 2. The summed E-state index contributed by atoms with van der Waals surface area (Å²) in [4.78, 5) is 0. The maximum atomic E-state index is 11.2. The standard InChI is InChI=1S/C32H48O2/c1-9-21-18-30(6)24(27(2,3)26(21)34)12-13-32(8)25(30)11-10-22-23-19-28(4,20-33)14-15-29(23,5)16-17-31(22,32)7/h1,10-11,21,24-26,33-34H,12-20H2,2-8H3/t21-,24-,25+,26-,28-,29+,30-,31+,32+/m0/s1. The number of fused-ring (bicyclic) bond motifs is 6. The van der Waals surface area contributed by atoms with Crippen molar-refractivity contribution in [3.05, 3.63) is 23.3 Å². The van der Waals surface area contributed by atoms with Crippen LogP contribution >= 0.6 is 0 Å². The summed E-state index contributed by atoms with van der Waals surface area (Å²) < 4.78 is 0. The number of terminal acetylenes is 1. The second kappa shape index (κ2) is 7.26. The van der Waals surface area contributed by atoms with Gasteiger partial charge in [0.25, 0.3) is 0 Å². The highest BCUT2D eigenvalue weighted by molar-refractivity contribution is 5.45. The first kappa shape index (κ1) is 24.6. The molecule has 3 fully saturated rings. The molecule has 0 aliphatic heterocycles. The molecule has 2 N–H and O–H groups in total. The predicted octanol–water partition coefficient (Wildman–Crippen LogP) is 6.92. The van der Waals surface area contributed by atoms with Crippen LogP contribution in [0.2, 0.25) is 0 Å². The van der Waals surface area contributed by atoms with Gasteiger partial charge in [0.05, 0.1) is 6.10 Å². The lowest BCUT2D eigenvalue weighted by molar-refractivity contribution is -0.193. The summed E-state index contributed by atoms with van der Waals surface area (Å²) >= 11 is 0. The summed E-state index contributed by atoms with van der Waals surface area (Å²) in [6.07, 6.45) is 19.9. The summed E-state index contributed by atoms with van der Waals surface area (Å²) in [5.41, 5.74) is 3.79.